The Hall–Kier alpha value is -2.57. The quantitative estimate of drug-likeness (QED) is 0.407. The third-order valence-electron chi connectivity index (χ3n) is 8.02. The number of fused-ring (bicyclic) bond motifs is 1. The molecular formula is C30H33Cl2N5. The van der Waals surface area contributed by atoms with E-state index < -0.39 is 0 Å². The molecule has 2 saturated heterocycles. The van der Waals surface area contributed by atoms with Crippen LogP contribution < -0.4 is 9.80 Å². The third kappa shape index (κ3) is 5.23. The van der Waals surface area contributed by atoms with Gasteiger partial charge < -0.3 is 14.7 Å². The molecule has 7 heteroatoms. The molecule has 0 bridgehead atoms. The Morgan fingerprint density at radius 1 is 0.811 bits per heavy atom. The molecule has 6 rings (SSSR count). The Morgan fingerprint density at radius 2 is 1.57 bits per heavy atom. The van der Waals surface area contributed by atoms with Crippen LogP contribution in [0.15, 0.2) is 76.9 Å². The van der Waals surface area contributed by atoms with Crippen LogP contribution in [0.5, 0.6) is 0 Å². The molecule has 0 radical (unpaired) electrons. The van der Waals surface area contributed by atoms with Gasteiger partial charge in [-0.25, -0.2) is 0 Å². The normalized spacial score (nSPS) is 20.3. The van der Waals surface area contributed by atoms with Crippen molar-refractivity contribution in [2.45, 2.75) is 18.9 Å². The van der Waals surface area contributed by atoms with E-state index in [1.165, 1.54) is 49.8 Å². The zero-order chi connectivity index (χ0) is 25.4. The number of piperidine rings is 1. The van der Waals surface area contributed by atoms with Gasteiger partial charge in [0.05, 0.1) is 21.5 Å². The van der Waals surface area contributed by atoms with E-state index in [0.29, 0.717) is 17.7 Å². The Bertz CT molecular complexity index is 1340. The summed E-state index contributed by atoms with van der Waals surface area (Å²) < 4.78 is 0. The summed E-state index contributed by atoms with van der Waals surface area (Å²) in [6.45, 7) is 7.33. The number of rotatable bonds is 4. The first kappa shape index (κ1) is 24.7. The van der Waals surface area contributed by atoms with Gasteiger partial charge in [0.25, 0.3) is 0 Å². The number of anilines is 2. The molecule has 3 aliphatic rings. The van der Waals surface area contributed by atoms with Crippen LogP contribution in [0.25, 0.3) is 10.8 Å². The highest BCUT2D eigenvalue weighted by Gasteiger charge is 2.27. The maximum Gasteiger partial charge on any atom is 0.115 e. The number of nitrogens with zero attached hydrogens (tertiary/aromatic N) is 5. The molecule has 0 atom stereocenters. The number of likely N-dealkylation sites (N-methyl/N-ethyl adjacent to an activating group) is 1. The van der Waals surface area contributed by atoms with Crippen LogP contribution in [-0.4, -0.2) is 74.5 Å². The Morgan fingerprint density at radius 3 is 2.30 bits per heavy atom. The summed E-state index contributed by atoms with van der Waals surface area (Å²) >= 11 is 13.6. The minimum Gasteiger partial charge on any atom is -0.370 e. The summed E-state index contributed by atoms with van der Waals surface area (Å²) in [5.74, 6) is 0. The molecule has 192 valence electrons. The van der Waals surface area contributed by atoms with Gasteiger partial charge in [-0.05, 0) is 54.9 Å². The summed E-state index contributed by atoms with van der Waals surface area (Å²) in [4.78, 5) is 14.4. The topological polar surface area (TPSA) is 25.3 Å². The second-order valence-electron chi connectivity index (χ2n) is 10.4. The molecule has 0 N–H and O–H groups in total. The van der Waals surface area contributed by atoms with Gasteiger partial charge in [-0.15, -0.1) is 0 Å². The monoisotopic (exact) mass is 533 g/mol. The number of hydrogen-bond acceptors (Lipinski definition) is 5. The van der Waals surface area contributed by atoms with Crippen molar-refractivity contribution in [1.82, 2.24) is 9.80 Å². The first-order valence-corrected chi connectivity index (χ1v) is 14.0. The maximum absolute atomic E-state index is 6.83. The lowest BCUT2D eigenvalue weighted by molar-refractivity contribution is 0.0982. The summed E-state index contributed by atoms with van der Waals surface area (Å²) in [6, 6.07) is 21.7. The molecule has 5 nitrogen and oxygen atoms in total. The molecule has 0 aliphatic carbocycles. The molecule has 3 aromatic carbocycles. The first-order valence-electron chi connectivity index (χ1n) is 13.2. The zero-order valence-corrected chi connectivity index (χ0v) is 22.8. The van der Waals surface area contributed by atoms with Crippen LogP contribution in [-0.2, 0) is 0 Å². The van der Waals surface area contributed by atoms with E-state index in [9.17, 15) is 0 Å². The lowest BCUT2D eigenvalue weighted by Crippen LogP contribution is -2.52. The van der Waals surface area contributed by atoms with Crippen LogP contribution in [0.2, 0.25) is 5.02 Å². The number of benzene rings is 3. The smallest absolute Gasteiger partial charge is 0.115 e. The fourth-order valence-corrected chi connectivity index (χ4v) is 6.35. The summed E-state index contributed by atoms with van der Waals surface area (Å²) in [7, 11) is 2.22. The van der Waals surface area contributed by atoms with Crippen molar-refractivity contribution in [3.8, 4) is 0 Å². The van der Waals surface area contributed by atoms with Gasteiger partial charge in [-0.1, -0.05) is 59.6 Å². The summed E-state index contributed by atoms with van der Waals surface area (Å²) in [6.07, 6.45) is 4.35. The third-order valence-corrected chi connectivity index (χ3v) is 8.60. The average molecular weight is 535 g/mol. The van der Waals surface area contributed by atoms with Crippen molar-refractivity contribution in [2.75, 3.05) is 62.8 Å². The molecule has 0 aromatic heterocycles. The van der Waals surface area contributed by atoms with Crippen molar-refractivity contribution in [2.24, 2.45) is 4.99 Å². The maximum atomic E-state index is 6.83. The molecule has 0 unspecified atom stereocenters. The number of aliphatic imine (C=N–C) groups is 1. The molecule has 37 heavy (non-hydrogen) atoms. The molecule has 3 heterocycles. The van der Waals surface area contributed by atoms with Gasteiger partial charge in [0.1, 0.15) is 6.67 Å². The molecule has 0 saturated carbocycles. The number of halogens is 2. The van der Waals surface area contributed by atoms with Crippen molar-refractivity contribution in [1.29, 1.82) is 0 Å². The summed E-state index contributed by atoms with van der Waals surface area (Å²) in [5, 5.41) is 3.81. The van der Waals surface area contributed by atoms with Crippen molar-refractivity contribution in [3.05, 3.63) is 82.5 Å². The fourth-order valence-electron chi connectivity index (χ4n) is 5.77. The van der Waals surface area contributed by atoms with E-state index >= 15 is 0 Å². The Labute approximate surface area is 229 Å². The van der Waals surface area contributed by atoms with Crippen molar-refractivity contribution >= 4 is 51.1 Å². The molecular weight excluding hydrogens is 501 g/mol. The van der Waals surface area contributed by atoms with Gasteiger partial charge in [0.15, 0.2) is 0 Å². The van der Waals surface area contributed by atoms with E-state index in [1.54, 1.807) is 0 Å². The Balaban J connectivity index is 1.11. The van der Waals surface area contributed by atoms with Gasteiger partial charge in [0.2, 0.25) is 0 Å². The average Bonchev–Trinajstić information content (AvgIpc) is 2.93. The van der Waals surface area contributed by atoms with Crippen LogP contribution in [0.3, 0.4) is 0 Å². The molecule has 3 aliphatic heterocycles. The minimum atomic E-state index is 0.504. The minimum absolute atomic E-state index is 0.504. The highest BCUT2D eigenvalue weighted by molar-refractivity contribution is 6.46. The van der Waals surface area contributed by atoms with E-state index in [0.717, 1.165) is 40.8 Å². The largest absolute Gasteiger partial charge is 0.370 e. The Kier molecular flexibility index (Phi) is 7.13. The predicted octanol–water partition coefficient (Wildman–Crippen LogP) is 6.06. The van der Waals surface area contributed by atoms with Crippen LogP contribution in [0, 0.1) is 0 Å². The van der Waals surface area contributed by atoms with Crippen LogP contribution in [0.4, 0.5) is 11.4 Å². The second-order valence-corrected chi connectivity index (χ2v) is 11.2. The second kappa shape index (κ2) is 10.7. The molecule has 2 fully saturated rings. The number of allylic oxidation sites excluding steroid dienone is 1. The van der Waals surface area contributed by atoms with E-state index in [-0.39, 0.29) is 0 Å². The van der Waals surface area contributed by atoms with Crippen molar-refractivity contribution < 1.29 is 0 Å². The van der Waals surface area contributed by atoms with Crippen molar-refractivity contribution in [3.63, 3.8) is 0 Å². The van der Waals surface area contributed by atoms with E-state index in [4.69, 9.17) is 28.2 Å². The van der Waals surface area contributed by atoms with Crippen LogP contribution in [0.1, 0.15) is 18.4 Å². The SMILES string of the molecule is CN1CCN(C2CCN(c3ccc(N4C=C(Cl)C(c5ccc6ccccc6c5)=NC4)cc3Cl)CC2)CC1. The first-order chi connectivity index (χ1) is 18.0. The molecule has 0 amide bonds. The van der Waals surface area contributed by atoms with Gasteiger partial charge >= 0.3 is 0 Å². The fraction of sp³-hybridized carbons (Fsp3) is 0.367. The lowest BCUT2D eigenvalue weighted by Gasteiger charge is -2.42. The van der Waals surface area contributed by atoms with E-state index in [1.807, 2.05) is 12.3 Å². The molecule has 0 spiro atoms. The standard InChI is InChI=1S/C30H33Cl2N5/c1-34-14-16-35(17-15-34)25-10-12-36(13-11-25)29-9-8-26(19-27(29)31)37-20-28(32)30(33-21-37)24-7-6-22-4-2-3-5-23(22)18-24/h2-9,18-20,25H,10-17,21H2,1H3. The highest BCUT2D eigenvalue weighted by Crippen LogP contribution is 2.34. The van der Waals surface area contributed by atoms with Crippen LogP contribution >= 0.6 is 23.2 Å². The lowest BCUT2D eigenvalue weighted by atomic mass is 10.0. The molecule has 3 aromatic rings. The highest BCUT2D eigenvalue weighted by atomic mass is 35.5. The number of hydrogen-bond donors (Lipinski definition) is 0. The predicted molar refractivity (Wildman–Crippen MR) is 158 cm³/mol. The van der Waals surface area contributed by atoms with Gasteiger partial charge in [-0.3, -0.25) is 9.89 Å². The summed E-state index contributed by atoms with van der Waals surface area (Å²) in [5.41, 5.74) is 3.98. The number of piperazine rings is 1. The van der Waals surface area contributed by atoms with Gasteiger partial charge in [-0.2, -0.15) is 0 Å². The zero-order valence-electron chi connectivity index (χ0n) is 21.3. The van der Waals surface area contributed by atoms with Gasteiger partial charge in [0, 0.05) is 62.8 Å². The van der Waals surface area contributed by atoms with E-state index in [2.05, 4.69) is 81.2 Å².